The Kier molecular flexibility index (Phi) is 10.6. The normalized spacial score (nSPS) is 10.3. The number of hydrogen-bond donors (Lipinski definition) is 0. The van der Waals surface area contributed by atoms with E-state index in [0.29, 0.717) is 0 Å². The molecule has 0 spiro atoms. The highest BCUT2D eigenvalue weighted by Gasteiger charge is 2.03. The van der Waals surface area contributed by atoms with Crippen molar-refractivity contribution in [1.29, 1.82) is 0 Å². The van der Waals surface area contributed by atoms with Gasteiger partial charge in [-0.1, -0.05) is 0 Å². The first kappa shape index (κ1) is 17.2. The minimum Gasteiger partial charge on any atom is -0.369 e. The van der Waals surface area contributed by atoms with E-state index in [0.717, 1.165) is 0 Å². The summed E-state index contributed by atoms with van der Waals surface area (Å²) in [6.45, 7) is 6.23. The molecule has 0 unspecified atom stereocenters. The first-order chi connectivity index (χ1) is 3.92. The Morgan fingerprint density at radius 2 is 1.45 bits per heavy atom. The minimum absolute atomic E-state index is 0. The third-order valence-electron chi connectivity index (χ3n) is 0.676. The molecule has 0 fully saturated rings. The van der Waals surface area contributed by atoms with Crippen molar-refractivity contribution < 1.29 is 0 Å². The molecule has 0 aliphatic carbocycles. The lowest BCUT2D eigenvalue weighted by atomic mass is 10.1. The van der Waals surface area contributed by atoms with E-state index >= 15 is 0 Å². The van der Waals surface area contributed by atoms with Gasteiger partial charge in [-0.05, 0) is 20.8 Å². The van der Waals surface area contributed by atoms with Crippen molar-refractivity contribution in [3.63, 3.8) is 0 Å². The van der Waals surface area contributed by atoms with Gasteiger partial charge in [-0.3, -0.25) is 4.99 Å². The predicted molar refractivity (Wildman–Crippen MR) is 56.4 cm³/mol. The highest BCUT2D eigenvalue weighted by molar-refractivity contribution is 5.85. The molecule has 0 rings (SSSR count). The monoisotopic (exact) mass is 200 g/mol. The highest BCUT2D eigenvalue weighted by atomic mass is 35.5. The van der Waals surface area contributed by atoms with Gasteiger partial charge < -0.3 is 4.90 Å². The third kappa shape index (κ3) is 17.8. The Hall–Kier alpha value is 0.0500. The van der Waals surface area contributed by atoms with Crippen LogP contribution in [0.1, 0.15) is 20.8 Å². The summed E-state index contributed by atoms with van der Waals surface area (Å²) in [4.78, 5) is 6.19. The van der Waals surface area contributed by atoms with Gasteiger partial charge in [-0.15, -0.1) is 24.8 Å². The van der Waals surface area contributed by atoms with Gasteiger partial charge in [-0.2, -0.15) is 0 Å². The Morgan fingerprint density at radius 1 is 1.09 bits per heavy atom. The van der Waals surface area contributed by atoms with Crippen LogP contribution in [-0.2, 0) is 0 Å². The Morgan fingerprint density at radius 3 is 1.55 bits per heavy atom. The van der Waals surface area contributed by atoms with Crippen LogP contribution in [0.25, 0.3) is 0 Å². The molecular formula is C7H18Cl2N2. The largest absolute Gasteiger partial charge is 0.369 e. The summed E-state index contributed by atoms with van der Waals surface area (Å²) in [5.74, 6) is 0. The van der Waals surface area contributed by atoms with Gasteiger partial charge in [0.2, 0.25) is 0 Å². The molecule has 0 amide bonds. The lowest BCUT2D eigenvalue weighted by Gasteiger charge is -2.12. The van der Waals surface area contributed by atoms with Gasteiger partial charge in [0.15, 0.2) is 0 Å². The Labute approximate surface area is 81.9 Å². The topological polar surface area (TPSA) is 15.6 Å². The summed E-state index contributed by atoms with van der Waals surface area (Å²) in [5, 5.41) is 0. The average Bonchev–Trinajstić information content (AvgIpc) is 1.59. The van der Waals surface area contributed by atoms with Crippen LogP contribution in [0.3, 0.4) is 0 Å². The molecule has 70 valence electrons. The van der Waals surface area contributed by atoms with Crippen LogP contribution in [0.2, 0.25) is 0 Å². The summed E-state index contributed by atoms with van der Waals surface area (Å²) in [6, 6.07) is 0. The lowest BCUT2D eigenvalue weighted by molar-refractivity contribution is 0.559. The number of nitrogens with zero attached hydrogens (tertiary/aromatic N) is 2. The van der Waals surface area contributed by atoms with Crippen LogP contribution >= 0.6 is 24.8 Å². The van der Waals surface area contributed by atoms with Crippen LogP contribution in [0.4, 0.5) is 0 Å². The summed E-state index contributed by atoms with van der Waals surface area (Å²) in [5.41, 5.74) is 0.0598. The second kappa shape index (κ2) is 6.74. The SMILES string of the molecule is CN(C)C=NC(C)(C)C.Cl.Cl. The smallest absolute Gasteiger partial charge is 0.0851 e. The second-order valence-corrected chi connectivity index (χ2v) is 3.38. The van der Waals surface area contributed by atoms with Crippen molar-refractivity contribution in [2.75, 3.05) is 14.1 Å². The van der Waals surface area contributed by atoms with Gasteiger partial charge in [-0.25, -0.2) is 0 Å². The van der Waals surface area contributed by atoms with Crippen molar-refractivity contribution >= 4 is 31.2 Å². The van der Waals surface area contributed by atoms with Gasteiger partial charge >= 0.3 is 0 Å². The Bertz CT molecular complexity index is 105. The van der Waals surface area contributed by atoms with Gasteiger partial charge in [0.1, 0.15) is 0 Å². The first-order valence-electron chi connectivity index (χ1n) is 3.13. The molecule has 0 saturated carbocycles. The lowest BCUT2D eigenvalue weighted by Crippen LogP contribution is -2.15. The van der Waals surface area contributed by atoms with Crippen molar-refractivity contribution in [3.05, 3.63) is 0 Å². The van der Waals surface area contributed by atoms with Crippen LogP contribution in [0.5, 0.6) is 0 Å². The average molecular weight is 201 g/mol. The minimum atomic E-state index is 0. The third-order valence-corrected chi connectivity index (χ3v) is 0.676. The van der Waals surface area contributed by atoms with Crippen LogP contribution in [0.15, 0.2) is 4.99 Å². The fourth-order valence-electron chi connectivity index (χ4n) is 0.289. The van der Waals surface area contributed by atoms with Crippen LogP contribution in [0, 0.1) is 0 Å². The molecule has 0 bridgehead atoms. The van der Waals surface area contributed by atoms with Crippen molar-refractivity contribution in [1.82, 2.24) is 4.90 Å². The molecule has 0 saturated heterocycles. The molecule has 0 aromatic heterocycles. The maximum Gasteiger partial charge on any atom is 0.0851 e. The molecule has 0 heterocycles. The molecule has 11 heavy (non-hydrogen) atoms. The zero-order chi connectivity index (χ0) is 7.49. The van der Waals surface area contributed by atoms with Crippen LogP contribution in [-0.4, -0.2) is 30.9 Å². The van der Waals surface area contributed by atoms with E-state index in [9.17, 15) is 0 Å². The molecular weight excluding hydrogens is 183 g/mol. The standard InChI is InChI=1S/C7H16N2.2ClH/c1-7(2,3)8-6-9(4)5;;/h6H,1-5H3;2*1H. The molecule has 4 heteroatoms. The summed E-state index contributed by atoms with van der Waals surface area (Å²) in [7, 11) is 3.94. The summed E-state index contributed by atoms with van der Waals surface area (Å²) < 4.78 is 0. The zero-order valence-electron chi connectivity index (χ0n) is 7.79. The van der Waals surface area contributed by atoms with E-state index in [2.05, 4.69) is 25.8 Å². The zero-order valence-corrected chi connectivity index (χ0v) is 9.42. The number of hydrogen-bond acceptors (Lipinski definition) is 1. The molecule has 0 N–H and O–H groups in total. The molecule has 0 aliphatic heterocycles. The van der Waals surface area contributed by atoms with E-state index in [1.807, 2.05) is 25.3 Å². The maximum atomic E-state index is 4.26. The van der Waals surface area contributed by atoms with E-state index < -0.39 is 0 Å². The number of aliphatic imine (C=N–C) groups is 1. The first-order valence-corrected chi connectivity index (χ1v) is 3.13. The van der Waals surface area contributed by atoms with Gasteiger partial charge in [0, 0.05) is 14.1 Å². The number of halogens is 2. The quantitative estimate of drug-likeness (QED) is 0.469. The Balaban J connectivity index is -0.000000320. The maximum absolute atomic E-state index is 4.26. The second-order valence-electron chi connectivity index (χ2n) is 3.38. The molecule has 0 atom stereocenters. The number of rotatable bonds is 1. The van der Waals surface area contributed by atoms with Crippen LogP contribution < -0.4 is 0 Å². The van der Waals surface area contributed by atoms with Crippen molar-refractivity contribution in [2.24, 2.45) is 4.99 Å². The van der Waals surface area contributed by atoms with E-state index in [1.165, 1.54) is 0 Å². The fraction of sp³-hybridized carbons (Fsp3) is 0.857. The summed E-state index contributed by atoms with van der Waals surface area (Å²) >= 11 is 0. The fourth-order valence-corrected chi connectivity index (χ4v) is 0.289. The predicted octanol–water partition coefficient (Wildman–Crippen LogP) is 2.22. The van der Waals surface area contributed by atoms with Gasteiger partial charge in [0.25, 0.3) is 0 Å². The van der Waals surface area contributed by atoms with Crippen molar-refractivity contribution in [3.8, 4) is 0 Å². The van der Waals surface area contributed by atoms with E-state index in [4.69, 9.17) is 0 Å². The molecule has 0 aliphatic rings. The molecule has 2 nitrogen and oxygen atoms in total. The molecule has 0 radical (unpaired) electrons. The van der Waals surface area contributed by atoms with Crippen molar-refractivity contribution in [2.45, 2.75) is 26.3 Å². The van der Waals surface area contributed by atoms with Gasteiger partial charge in [0.05, 0.1) is 11.9 Å². The molecule has 0 aromatic carbocycles. The van der Waals surface area contributed by atoms with E-state index in [1.54, 1.807) is 0 Å². The summed E-state index contributed by atoms with van der Waals surface area (Å²) in [6.07, 6.45) is 1.83. The highest BCUT2D eigenvalue weighted by Crippen LogP contribution is 2.04. The van der Waals surface area contributed by atoms with E-state index in [-0.39, 0.29) is 30.4 Å². The molecule has 0 aromatic rings.